The van der Waals surface area contributed by atoms with Gasteiger partial charge < -0.3 is 15.4 Å². The molecule has 0 aliphatic carbocycles. The van der Waals surface area contributed by atoms with E-state index in [9.17, 15) is 4.79 Å². The first-order valence-electron chi connectivity index (χ1n) is 6.74. The van der Waals surface area contributed by atoms with Gasteiger partial charge in [-0.2, -0.15) is 0 Å². The summed E-state index contributed by atoms with van der Waals surface area (Å²) in [5.41, 5.74) is 2.14. The number of carbonyl (C=O) groups is 1. The molecule has 2 aromatic rings. The fourth-order valence-electron chi connectivity index (χ4n) is 1.78. The number of methoxy groups -OCH3 is 1. The Morgan fingerprint density at radius 3 is 2.73 bits per heavy atom. The number of hydrogen-bond donors (Lipinski definition) is 2. The van der Waals surface area contributed by atoms with E-state index in [1.54, 1.807) is 25.3 Å². The van der Waals surface area contributed by atoms with E-state index in [2.05, 4.69) is 20.8 Å². The van der Waals surface area contributed by atoms with Gasteiger partial charge >= 0.3 is 0 Å². The summed E-state index contributed by atoms with van der Waals surface area (Å²) in [5.74, 6) is 0.276. The summed E-state index contributed by atoms with van der Waals surface area (Å²) >= 11 is 5.92. The first-order chi connectivity index (χ1) is 10.6. The van der Waals surface area contributed by atoms with Crippen molar-refractivity contribution in [3.8, 4) is 0 Å². The Morgan fingerprint density at radius 1 is 1.27 bits per heavy atom. The fraction of sp³-hybridized carbons (Fsp3) is 0.267. The van der Waals surface area contributed by atoms with Gasteiger partial charge in [0.1, 0.15) is 0 Å². The molecule has 2 N–H and O–H groups in total. The molecule has 2 rings (SSSR count). The molecule has 0 saturated carbocycles. The number of aromatic nitrogens is 2. The second kappa shape index (κ2) is 7.72. The second-order valence-electron chi connectivity index (χ2n) is 4.64. The van der Waals surface area contributed by atoms with Crippen LogP contribution in [0.3, 0.4) is 0 Å². The van der Waals surface area contributed by atoms with Crippen LogP contribution in [-0.4, -0.2) is 36.4 Å². The summed E-state index contributed by atoms with van der Waals surface area (Å²) in [7, 11) is 1.57. The van der Waals surface area contributed by atoms with Crippen LogP contribution in [0.1, 0.15) is 16.1 Å². The zero-order chi connectivity index (χ0) is 15.9. The number of aryl methyl sites for hydroxylation is 1. The highest BCUT2D eigenvalue weighted by atomic mass is 35.5. The molecule has 0 spiro atoms. The second-order valence-corrected chi connectivity index (χ2v) is 5.07. The molecule has 1 aromatic carbocycles. The standard InChI is InChI=1S/C15H17ClN4O2/c1-10-9-11(16)3-4-12(10)18-14-6-5-13(19-20-14)15(21)17-7-8-22-2/h3-6,9H,7-8H2,1-2H3,(H,17,21)(H,18,20). The number of halogens is 1. The van der Waals surface area contributed by atoms with Gasteiger partial charge in [0, 0.05) is 24.4 Å². The van der Waals surface area contributed by atoms with E-state index in [1.807, 2.05) is 19.1 Å². The van der Waals surface area contributed by atoms with Crippen molar-refractivity contribution in [2.24, 2.45) is 0 Å². The lowest BCUT2D eigenvalue weighted by Crippen LogP contribution is -2.27. The molecule has 1 aromatic heterocycles. The van der Waals surface area contributed by atoms with Gasteiger partial charge in [-0.05, 0) is 42.8 Å². The summed E-state index contributed by atoms with van der Waals surface area (Å²) in [5, 5.41) is 14.4. The van der Waals surface area contributed by atoms with Crippen molar-refractivity contribution >= 4 is 29.0 Å². The Hall–Kier alpha value is -2.18. The quantitative estimate of drug-likeness (QED) is 0.800. The Bertz CT molecular complexity index is 646. The minimum absolute atomic E-state index is 0.259. The lowest BCUT2D eigenvalue weighted by Gasteiger charge is -2.09. The van der Waals surface area contributed by atoms with Crippen molar-refractivity contribution in [1.29, 1.82) is 0 Å². The average Bonchev–Trinajstić information content (AvgIpc) is 2.51. The first kappa shape index (κ1) is 16.2. The van der Waals surface area contributed by atoms with Gasteiger partial charge in [-0.25, -0.2) is 0 Å². The minimum Gasteiger partial charge on any atom is -0.383 e. The molecule has 1 amide bonds. The molecule has 7 heteroatoms. The summed E-state index contributed by atoms with van der Waals surface area (Å²) < 4.78 is 4.86. The number of benzene rings is 1. The molecular weight excluding hydrogens is 304 g/mol. The van der Waals surface area contributed by atoms with E-state index in [4.69, 9.17) is 16.3 Å². The Balaban J connectivity index is 2.01. The Labute approximate surface area is 133 Å². The molecule has 0 fully saturated rings. The molecule has 0 atom stereocenters. The minimum atomic E-state index is -0.279. The SMILES string of the molecule is COCCNC(=O)c1ccc(Nc2ccc(Cl)cc2C)nn1. The normalized spacial score (nSPS) is 10.3. The predicted molar refractivity (Wildman–Crippen MR) is 85.7 cm³/mol. The number of anilines is 2. The largest absolute Gasteiger partial charge is 0.383 e. The number of ether oxygens (including phenoxy) is 1. The monoisotopic (exact) mass is 320 g/mol. The average molecular weight is 321 g/mol. The third-order valence-corrected chi connectivity index (χ3v) is 3.18. The van der Waals surface area contributed by atoms with E-state index in [0.717, 1.165) is 11.3 Å². The van der Waals surface area contributed by atoms with Gasteiger partial charge in [0.05, 0.1) is 6.61 Å². The van der Waals surface area contributed by atoms with Crippen molar-refractivity contribution in [3.05, 3.63) is 46.6 Å². The third-order valence-electron chi connectivity index (χ3n) is 2.94. The molecule has 22 heavy (non-hydrogen) atoms. The van der Waals surface area contributed by atoms with Crippen molar-refractivity contribution in [3.63, 3.8) is 0 Å². The van der Waals surface area contributed by atoms with Crippen molar-refractivity contribution in [2.75, 3.05) is 25.6 Å². The highest BCUT2D eigenvalue weighted by Crippen LogP contribution is 2.22. The molecule has 0 aliphatic rings. The molecule has 116 valence electrons. The van der Waals surface area contributed by atoms with Crippen molar-refractivity contribution in [2.45, 2.75) is 6.92 Å². The lowest BCUT2D eigenvalue weighted by atomic mass is 10.2. The Kier molecular flexibility index (Phi) is 5.68. The van der Waals surface area contributed by atoms with Crippen molar-refractivity contribution < 1.29 is 9.53 Å². The van der Waals surface area contributed by atoms with E-state index in [0.29, 0.717) is 24.0 Å². The number of hydrogen-bond acceptors (Lipinski definition) is 5. The van der Waals surface area contributed by atoms with Gasteiger partial charge in [-0.3, -0.25) is 4.79 Å². The summed E-state index contributed by atoms with van der Waals surface area (Å²) in [4.78, 5) is 11.8. The molecule has 6 nitrogen and oxygen atoms in total. The maximum absolute atomic E-state index is 11.8. The van der Waals surface area contributed by atoms with Gasteiger partial charge in [-0.1, -0.05) is 11.6 Å². The highest BCUT2D eigenvalue weighted by molar-refractivity contribution is 6.30. The van der Waals surface area contributed by atoms with Gasteiger partial charge in [-0.15, -0.1) is 10.2 Å². The number of carbonyl (C=O) groups excluding carboxylic acids is 1. The topological polar surface area (TPSA) is 76.1 Å². The predicted octanol–water partition coefficient (Wildman–Crippen LogP) is 2.56. The highest BCUT2D eigenvalue weighted by Gasteiger charge is 2.08. The maximum atomic E-state index is 11.8. The first-order valence-corrected chi connectivity index (χ1v) is 7.12. The Morgan fingerprint density at radius 2 is 2.09 bits per heavy atom. The molecule has 1 heterocycles. The van der Waals surface area contributed by atoms with Gasteiger partial charge in [0.25, 0.3) is 5.91 Å². The van der Waals surface area contributed by atoms with E-state index in [-0.39, 0.29) is 11.6 Å². The van der Waals surface area contributed by atoms with Crippen LogP contribution in [0.2, 0.25) is 5.02 Å². The summed E-state index contributed by atoms with van der Waals surface area (Å²) in [6, 6.07) is 8.83. The number of nitrogens with zero attached hydrogens (tertiary/aromatic N) is 2. The van der Waals surface area contributed by atoms with Crippen LogP contribution in [0, 0.1) is 6.92 Å². The van der Waals surface area contributed by atoms with Crippen LogP contribution in [-0.2, 0) is 4.74 Å². The maximum Gasteiger partial charge on any atom is 0.271 e. The van der Waals surface area contributed by atoms with E-state index < -0.39 is 0 Å². The van der Waals surface area contributed by atoms with E-state index in [1.165, 1.54) is 0 Å². The molecule has 0 unspecified atom stereocenters. The molecule has 0 aliphatic heterocycles. The van der Waals surface area contributed by atoms with Crippen LogP contribution in [0.4, 0.5) is 11.5 Å². The number of rotatable bonds is 6. The third kappa shape index (κ3) is 4.41. The zero-order valence-corrected chi connectivity index (χ0v) is 13.1. The van der Waals surface area contributed by atoms with Crippen molar-refractivity contribution in [1.82, 2.24) is 15.5 Å². The zero-order valence-electron chi connectivity index (χ0n) is 12.4. The summed E-state index contributed by atoms with van der Waals surface area (Å²) in [6.07, 6.45) is 0. The van der Waals surface area contributed by atoms with Crippen LogP contribution in [0.15, 0.2) is 30.3 Å². The fourth-order valence-corrected chi connectivity index (χ4v) is 2.01. The number of nitrogens with one attached hydrogen (secondary N) is 2. The van der Waals surface area contributed by atoms with Gasteiger partial charge in [0.15, 0.2) is 11.5 Å². The molecule has 0 bridgehead atoms. The van der Waals surface area contributed by atoms with Crippen LogP contribution < -0.4 is 10.6 Å². The number of amides is 1. The molecular formula is C15H17ClN4O2. The molecule has 0 radical (unpaired) electrons. The molecule has 0 saturated heterocycles. The lowest BCUT2D eigenvalue weighted by molar-refractivity contribution is 0.0931. The smallest absolute Gasteiger partial charge is 0.271 e. The summed E-state index contributed by atoms with van der Waals surface area (Å²) in [6.45, 7) is 2.83. The van der Waals surface area contributed by atoms with Crippen LogP contribution in [0.5, 0.6) is 0 Å². The van der Waals surface area contributed by atoms with Crippen LogP contribution in [0.25, 0.3) is 0 Å². The van der Waals surface area contributed by atoms with E-state index >= 15 is 0 Å². The van der Waals surface area contributed by atoms with Gasteiger partial charge in [0.2, 0.25) is 0 Å². The van der Waals surface area contributed by atoms with Crippen LogP contribution >= 0.6 is 11.6 Å².